The minimum Gasteiger partial charge on any atom is -0.364 e. The van der Waals surface area contributed by atoms with E-state index < -0.39 is 5.91 Å². The molecule has 0 aliphatic heterocycles. The SMILES string of the molecule is CN(C)CCn1nc(C(N)=O)cc1-c1ccccn1. The Morgan fingerprint density at radius 2 is 2.21 bits per heavy atom. The van der Waals surface area contributed by atoms with Crippen molar-refractivity contribution >= 4 is 5.91 Å². The zero-order valence-corrected chi connectivity index (χ0v) is 11.1. The fourth-order valence-corrected chi connectivity index (χ4v) is 1.72. The Morgan fingerprint density at radius 3 is 2.79 bits per heavy atom. The molecule has 1 amide bonds. The molecule has 0 atom stereocenters. The molecule has 6 heteroatoms. The van der Waals surface area contributed by atoms with Gasteiger partial charge in [-0.15, -0.1) is 0 Å². The van der Waals surface area contributed by atoms with Gasteiger partial charge in [-0.25, -0.2) is 0 Å². The zero-order valence-electron chi connectivity index (χ0n) is 11.1. The summed E-state index contributed by atoms with van der Waals surface area (Å²) in [6.45, 7) is 1.49. The van der Waals surface area contributed by atoms with Gasteiger partial charge in [0.15, 0.2) is 5.69 Å². The number of aromatic nitrogens is 3. The third-order valence-electron chi connectivity index (χ3n) is 2.72. The van der Waals surface area contributed by atoms with E-state index in [0.717, 1.165) is 17.9 Å². The van der Waals surface area contributed by atoms with E-state index in [9.17, 15) is 4.79 Å². The molecule has 0 fully saturated rings. The maximum absolute atomic E-state index is 11.3. The van der Waals surface area contributed by atoms with E-state index in [0.29, 0.717) is 6.54 Å². The van der Waals surface area contributed by atoms with Gasteiger partial charge in [0.2, 0.25) is 0 Å². The van der Waals surface area contributed by atoms with Crippen molar-refractivity contribution in [2.45, 2.75) is 6.54 Å². The highest BCUT2D eigenvalue weighted by Crippen LogP contribution is 2.17. The van der Waals surface area contributed by atoms with Crippen molar-refractivity contribution in [3.8, 4) is 11.4 Å². The van der Waals surface area contributed by atoms with Gasteiger partial charge < -0.3 is 10.6 Å². The number of nitrogens with two attached hydrogens (primary N) is 1. The number of likely N-dealkylation sites (N-methyl/N-ethyl adjacent to an activating group) is 1. The molecule has 0 aromatic carbocycles. The van der Waals surface area contributed by atoms with Crippen LogP contribution in [0, 0.1) is 0 Å². The van der Waals surface area contributed by atoms with Crippen molar-refractivity contribution in [1.82, 2.24) is 19.7 Å². The molecule has 0 saturated carbocycles. The number of hydrogen-bond acceptors (Lipinski definition) is 4. The number of pyridine rings is 1. The molecule has 0 unspecified atom stereocenters. The largest absolute Gasteiger partial charge is 0.364 e. The van der Waals surface area contributed by atoms with Crippen LogP contribution in [0.3, 0.4) is 0 Å². The standard InChI is InChI=1S/C13H17N5O/c1-17(2)7-8-18-12(9-11(16-18)13(14)19)10-5-3-4-6-15-10/h3-6,9H,7-8H2,1-2H3,(H2,14,19). The van der Waals surface area contributed by atoms with Gasteiger partial charge in [0.1, 0.15) is 0 Å². The van der Waals surface area contributed by atoms with Crippen LogP contribution >= 0.6 is 0 Å². The second-order valence-corrected chi connectivity index (χ2v) is 4.52. The van der Waals surface area contributed by atoms with Crippen LogP contribution in [0.15, 0.2) is 30.5 Å². The van der Waals surface area contributed by atoms with Crippen LogP contribution in [-0.2, 0) is 6.54 Å². The highest BCUT2D eigenvalue weighted by molar-refractivity contribution is 5.91. The first-order valence-corrected chi connectivity index (χ1v) is 6.01. The molecule has 0 spiro atoms. The third kappa shape index (κ3) is 3.17. The molecule has 2 aromatic rings. The van der Waals surface area contributed by atoms with Crippen molar-refractivity contribution in [3.05, 3.63) is 36.2 Å². The van der Waals surface area contributed by atoms with E-state index in [-0.39, 0.29) is 5.69 Å². The van der Waals surface area contributed by atoms with Crippen LogP contribution in [0.5, 0.6) is 0 Å². The lowest BCUT2D eigenvalue weighted by molar-refractivity contribution is 0.0994. The van der Waals surface area contributed by atoms with E-state index >= 15 is 0 Å². The number of rotatable bonds is 5. The van der Waals surface area contributed by atoms with Crippen LogP contribution in [0.1, 0.15) is 10.5 Å². The smallest absolute Gasteiger partial charge is 0.269 e. The van der Waals surface area contributed by atoms with E-state index in [1.54, 1.807) is 16.9 Å². The number of primary amides is 1. The molecule has 2 N–H and O–H groups in total. The zero-order chi connectivity index (χ0) is 13.8. The second kappa shape index (κ2) is 5.62. The van der Waals surface area contributed by atoms with E-state index in [4.69, 9.17) is 5.73 Å². The second-order valence-electron chi connectivity index (χ2n) is 4.52. The van der Waals surface area contributed by atoms with Gasteiger partial charge in [0.05, 0.1) is 17.9 Å². The number of carbonyl (C=O) groups is 1. The highest BCUT2D eigenvalue weighted by Gasteiger charge is 2.14. The summed E-state index contributed by atoms with van der Waals surface area (Å²) >= 11 is 0. The Balaban J connectivity index is 2.37. The predicted octanol–water partition coefficient (Wildman–Crippen LogP) is 0.606. The predicted molar refractivity (Wildman–Crippen MR) is 72.5 cm³/mol. The van der Waals surface area contributed by atoms with Crippen molar-refractivity contribution in [1.29, 1.82) is 0 Å². The molecule has 0 saturated heterocycles. The fraction of sp³-hybridized carbons (Fsp3) is 0.308. The Kier molecular flexibility index (Phi) is 3.91. The summed E-state index contributed by atoms with van der Waals surface area (Å²) in [6, 6.07) is 7.31. The Morgan fingerprint density at radius 1 is 1.42 bits per heavy atom. The minimum absolute atomic E-state index is 0.263. The molecule has 0 bridgehead atoms. The lowest BCUT2D eigenvalue weighted by Crippen LogP contribution is -2.20. The highest BCUT2D eigenvalue weighted by atomic mass is 16.1. The fourth-order valence-electron chi connectivity index (χ4n) is 1.72. The first-order chi connectivity index (χ1) is 9.08. The third-order valence-corrected chi connectivity index (χ3v) is 2.72. The number of nitrogens with zero attached hydrogens (tertiary/aromatic N) is 4. The number of hydrogen-bond donors (Lipinski definition) is 1. The number of amides is 1. The van der Waals surface area contributed by atoms with Gasteiger partial charge in [-0.3, -0.25) is 14.5 Å². The van der Waals surface area contributed by atoms with Crippen molar-refractivity contribution in [2.24, 2.45) is 5.73 Å². The molecule has 2 aromatic heterocycles. The van der Waals surface area contributed by atoms with Crippen LogP contribution in [0.2, 0.25) is 0 Å². The lowest BCUT2D eigenvalue weighted by Gasteiger charge is -2.11. The molecule has 2 heterocycles. The van der Waals surface area contributed by atoms with Gasteiger partial charge in [-0.05, 0) is 32.3 Å². The summed E-state index contributed by atoms with van der Waals surface area (Å²) in [5, 5.41) is 4.23. The van der Waals surface area contributed by atoms with Crippen LogP contribution in [0.25, 0.3) is 11.4 Å². The number of carbonyl (C=O) groups excluding carboxylic acids is 1. The molecule has 0 aliphatic rings. The maximum atomic E-state index is 11.3. The van der Waals surface area contributed by atoms with Crippen molar-refractivity contribution < 1.29 is 4.79 Å². The van der Waals surface area contributed by atoms with Crippen LogP contribution in [0.4, 0.5) is 0 Å². The van der Waals surface area contributed by atoms with Gasteiger partial charge in [-0.2, -0.15) is 5.10 Å². The molecule has 0 aliphatic carbocycles. The Labute approximate surface area is 111 Å². The summed E-state index contributed by atoms with van der Waals surface area (Å²) in [7, 11) is 3.97. The van der Waals surface area contributed by atoms with Crippen molar-refractivity contribution in [2.75, 3.05) is 20.6 Å². The summed E-state index contributed by atoms with van der Waals surface area (Å²) in [5.41, 5.74) is 7.13. The van der Waals surface area contributed by atoms with Gasteiger partial charge in [0.25, 0.3) is 5.91 Å². The van der Waals surface area contributed by atoms with Crippen LogP contribution in [-0.4, -0.2) is 46.2 Å². The summed E-state index contributed by atoms with van der Waals surface area (Å²) in [6.07, 6.45) is 1.71. The molecular weight excluding hydrogens is 242 g/mol. The topological polar surface area (TPSA) is 77.0 Å². The summed E-state index contributed by atoms with van der Waals surface area (Å²) < 4.78 is 1.77. The summed E-state index contributed by atoms with van der Waals surface area (Å²) in [5.74, 6) is -0.527. The average molecular weight is 259 g/mol. The van der Waals surface area contributed by atoms with Gasteiger partial charge in [-0.1, -0.05) is 6.07 Å². The minimum atomic E-state index is -0.527. The van der Waals surface area contributed by atoms with Gasteiger partial charge >= 0.3 is 0 Å². The molecule has 19 heavy (non-hydrogen) atoms. The van der Waals surface area contributed by atoms with Crippen LogP contribution < -0.4 is 5.73 Å². The van der Waals surface area contributed by atoms with E-state index in [1.165, 1.54) is 0 Å². The molecule has 100 valence electrons. The Hall–Kier alpha value is -2.21. The summed E-state index contributed by atoms with van der Waals surface area (Å²) in [4.78, 5) is 17.6. The first-order valence-electron chi connectivity index (χ1n) is 6.01. The van der Waals surface area contributed by atoms with Crippen molar-refractivity contribution in [3.63, 3.8) is 0 Å². The average Bonchev–Trinajstić information content (AvgIpc) is 2.81. The molecule has 6 nitrogen and oxygen atoms in total. The first kappa shape index (κ1) is 13.2. The monoisotopic (exact) mass is 259 g/mol. The molecule has 0 radical (unpaired) electrons. The van der Waals surface area contributed by atoms with E-state index in [2.05, 4.69) is 10.1 Å². The quantitative estimate of drug-likeness (QED) is 0.853. The lowest BCUT2D eigenvalue weighted by atomic mass is 10.2. The van der Waals surface area contributed by atoms with Gasteiger partial charge in [0, 0.05) is 12.7 Å². The Bertz CT molecular complexity index is 562. The van der Waals surface area contributed by atoms with E-state index in [1.807, 2.05) is 37.2 Å². The maximum Gasteiger partial charge on any atom is 0.269 e. The molecule has 2 rings (SSSR count). The normalized spacial score (nSPS) is 10.9. The molecular formula is C13H17N5O.